The number of halogens is 4. The van der Waals surface area contributed by atoms with Gasteiger partial charge in [0.1, 0.15) is 12.1 Å². The van der Waals surface area contributed by atoms with Gasteiger partial charge in [-0.3, -0.25) is 0 Å². The minimum atomic E-state index is -4.40. The fraction of sp³-hybridized carbons (Fsp3) is 0.455. The van der Waals surface area contributed by atoms with E-state index >= 15 is 0 Å². The van der Waals surface area contributed by atoms with Gasteiger partial charge in [-0.2, -0.15) is 13.2 Å². The van der Waals surface area contributed by atoms with E-state index in [1.165, 1.54) is 0 Å². The van der Waals surface area contributed by atoms with E-state index in [2.05, 4.69) is 9.88 Å². The molecule has 1 aliphatic rings. The normalized spacial score (nSPS) is 15.2. The van der Waals surface area contributed by atoms with Crippen molar-refractivity contribution in [2.24, 2.45) is 0 Å². The van der Waals surface area contributed by atoms with E-state index in [1.54, 1.807) is 32.2 Å². The van der Waals surface area contributed by atoms with Crippen LogP contribution >= 0.6 is 11.6 Å². The van der Waals surface area contributed by atoms with E-state index in [4.69, 9.17) is 26.1 Å². The zero-order valence-electron chi connectivity index (χ0n) is 18.0. The highest BCUT2D eigenvalue weighted by molar-refractivity contribution is 6.35. The standard InChI is InChI=1S/C22H24ClF3N4O2/c1-4-17(32-12-22(24,25)26)14-6-7-15(23)19-20(14)30-11-5-10-29(21(30)28-19)16-8-9-18(31-3)27-13(16)2/h6-9,17H,4-5,10-12H2,1-3H3. The number of aromatic nitrogens is 3. The molecule has 0 bridgehead atoms. The second-order valence-electron chi connectivity index (χ2n) is 7.68. The highest BCUT2D eigenvalue weighted by Gasteiger charge is 2.32. The SMILES string of the molecule is CCC(OCC(F)(F)F)c1ccc(Cl)c2nc3n(c12)CCCN3c1ccc(OC)nc1C. The number of benzene rings is 1. The number of aryl methyl sites for hydroxylation is 2. The Balaban J connectivity index is 1.82. The molecule has 32 heavy (non-hydrogen) atoms. The lowest BCUT2D eigenvalue weighted by molar-refractivity contribution is -0.186. The van der Waals surface area contributed by atoms with Gasteiger partial charge in [-0.15, -0.1) is 0 Å². The topological polar surface area (TPSA) is 52.4 Å². The van der Waals surface area contributed by atoms with Gasteiger partial charge < -0.3 is 18.9 Å². The summed E-state index contributed by atoms with van der Waals surface area (Å²) in [4.78, 5) is 11.3. The van der Waals surface area contributed by atoms with Crippen LogP contribution < -0.4 is 9.64 Å². The average molecular weight is 469 g/mol. The van der Waals surface area contributed by atoms with Gasteiger partial charge in [0, 0.05) is 24.7 Å². The molecule has 3 aromatic rings. The molecule has 10 heteroatoms. The summed E-state index contributed by atoms with van der Waals surface area (Å²) in [6.45, 7) is 3.80. The van der Waals surface area contributed by atoms with Crippen LogP contribution in [0.5, 0.6) is 5.88 Å². The van der Waals surface area contributed by atoms with Crippen LogP contribution in [0.1, 0.15) is 37.1 Å². The number of nitrogens with zero attached hydrogens (tertiary/aromatic N) is 4. The molecular formula is C22H24ClF3N4O2. The summed E-state index contributed by atoms with van der Waals surface area (Å²) in [5.74, 6) is 1.20. The molecule has 0 amide bonds. The molecule has 1 atom stereocenters. The van der Waals surface area contributed by atoms with E-state index in [9.17, 15) is 13.2 Å². The highest BCUT2D eigenvalue weighted by atomic mass is 35.5. The van der Waals surface area contributed by atoms with Crippen LogP contribution in [-0.2, 0) is 11.3 Å². The first-order chi connectivity index (χ1) is 15.2. The van der Waals surface area contributed by atoms with E-state index in [-0.39, 0.29) is 0 Å². The summed E-state index contributed by atoms with van der Waals surface area (Å²) in [6.07, 6.45) is -3.91. The summed E-state index contributed by atoms with van der Waals surface area (Å²) in [5, 5.41) is 0.445. The van der Waals surface area contributed by atoms with Gasteiger partial charge in [-0.1, -0.05) is 24.6 Å². The van der Waals surface area contributed by atoms with E-state index in [1.807, 2.05) is 17.6 Å². The molecule has 2 aromatic heterocycles. The zero-order valence-corrected chi connectivity index (χ0v) is 18.8. The molecule has 1 unspecified atom stereocenters. The Morgan fingerprint density at radius 1 is 1.16 bits per heavy atom. The van der Waals surface area contributed by atoms with Crippen molar-refractivity contribution < 1.29 is 22.6 Å². The number of imidazole rings is 1. The fourth-order valence-electron chi connectivity index (χ4n) is 4.17. The quantitative estimate of drug-likeness (QED) is 0.446. The molecule has 0 N–H and O–H groups in total. The molecule has 0 radical (unpaired) electrons. The van der Waals surface area contributed by atoms with Crippen molar-refractivity contribution in [2.75, 3.05) is 25.2 Å². The molecule has 1 aliphatic heterocycles. The second kappa shape index (κ2) is 8.78. The zero-order chi connectivity index (χ0) is 23.0. The summed E-state index contributed by atoms with van der Waals surface area (Å²) >= 11 is 6.47. The van der Waals surface area contributed by atoms with Crippen molar-refractivity contribution in [3.8, 4) is 5.88 Å². The number of anilines is 2. The average Bonchev–Trinajstić information content (AvgIpc) is 3.15. The second-order valence-corrected chi connectivity index (χ2v) is 8.09. The van der Waals surface area contributed by atoms with Crippen LogP contribution in [0, 0.1) is 6.92 Å². The predicted octanol–water partition coefficient (Wildman–Crippen LogP) is 5.97. The smallest absolute Gasteiger partial charge is 0.411 e. The van der Waals surface area contributed by atoms with Crippen LogP contribution in [0.15, 0.2) is 24.3 Å². The largest absolute Gasteiger partial charge is 0.481 e. The van der Waals surface area contributed by atoms with E-state index in [0.29, 0.717) is 46.4 Å². The maximum Gasteiger partial charge on any atom is 0.411 e. The van der Waals surface area contributed by atoms with Crippen LogP contribution in [0.4, 0.5) is 24.8 Å². The molecule has 6 nitrogen and oxygen atoms in total. The number of hydrogen-bond acceptors (Lipinski definition) is 5. The molecule has 4 rings (SSSR count). The lowest BCUT2D eigenvalue weighted by atomic mass is 10.0. The Hall–Kier alpha value is -2.52. The number of hydrogen-bond donors (Lipinski definition) is 0. The Morgan fingerprint density at radius 3 is 2.59 bits per heavy atom. The monoisotopic (exact) mass is 468 g/mol. The maximum absolute atomic E-state index is 12.8. The summed E-state index contributed by atoms with van der Waals surface area (Å²) in [7, 11) is 1.57. The molecule has 0 fully saturated rings. The molecule has 3 heterocycles. The Morgan fingerprint density at radius 2 is 1.94 bits per heavy atom. The third-order valence-electron chi connectivity index (χ3n) is 5.56. The van der Waals surface area contributed by atoms with Crippen molar-refractivity contribution in [3.63, 3.8) is 0 Å². The minimum absolute atomic E-state index is 0.387. The number of methoxy groups -OCH3 is 1. The minimum Gasteiger partial charge on any atom is -0.481 e. The van der Waals surface area contributed by atoms with Gasteiger partial charge in [0.05, 0.1) is 35.1 Å². The molecule has 172 valence electrons. The summed E-state index contributed by atoms with van der Waals surface area (Å²) in [5.41, 5.74) is 3.60. The lowest BCUT2D eigenvalue weighted by Crippen LogP contribution is -2.29. The number of rotatable bonds is 6. The van der Waals surface area contributed by atoms with E-state index < -0.39 is 18.9 Å². The van der Waals surface area contributed by atoms with Crippen LogP contribution in [0.3, 0.4) is 0 Å². The van der Waals surface area contributed by atoms with Gasteiger partial charge in [-0.05, 0) is 31.9 Å². The van der Waals surface area contributed by atoms with Crippen molar-refractivity contribution in [1.82, 2.24) is 14.5 Å². The first-order valence-electron chi connectivity index (χ1n) is 10.4. The highest BCUT2D eigenvalue weighted by Crippen LogP contribution is 2.40. The van der Waals surface area contributed by atoms with Crippen molar-refractivity contribution >= 4 is 34.3 Å². The maximum atomic E-state index is 12.8. The number of fused-ring (bicyclic) bond motifs is 3. The number of ether oxygens (including phenoxy) is 2. The van der Waals surface area contributed by atoms with Gasteiger partial charge in [0.15, 0.2) is 0 Å². The first-order valence-corrected chi connectivity index (χ1v) is 10.8. The molecule has 1 aromatic carbocycles. The van der Waals surface area contributed by atoms with Crippen LogP contribution in [0.25, 0.3) is 11.0 Å². The molecule has 0 saturated heterocycles. The van der Waals surface area contributed by atoms with Crippen LogP contribution in [-0.4, -0.2) is 41.0 Å². The molecule has 0 spiro atoms. The molecule has 0 aliphatic carbocycles. The van der Waals surface area contributed by atoms with Crippen molar-refractivity contribution in [3.05, 3.63) is 40.5 Å². The van der Waals surface area contributed by atoms with Gasteiger partial charge in [0.25, 0.3) is 0 Å². The van der Waals surface area contributed by atoms with Crippen LogP contribution in [0.2, 0.25) is 5.02 Å². The third-order valence-corrected chi connectivity index (χ3v) is 5.86. The van der Waals surface area contributed by atoms with Gasteiger partial charge in [-0.25, -0.2) is 9.97 Å². The summed E-state index contributed by atoms with van der Waals surface area (Å²) < 4.78 is 50.9. The molecule has 0 saturated carbocycles. The van der Waals surface area contributed by atoms with Crippen molar-refractivity contribution in [2.45, 2.75) is 45.5 Å². The predicted molar refractivity (Wildman–Crippen MR) is 117 cm³/mol. The van der Waals surface area contributed by atoms with E-state index in [0.717, 1.165) is 24.3 Å². The number of pyridine rings is 1. The molecular weight excluding hydrogens is 445 g/mol. The Bertz CT molecular complexity index is 1130. The van der Waals surface area contributed by atoms with Crippen molar-refractivity contribution in [1.29, 1.82) is 0 Å². The fourth-order valence-corrected chi connectivity index (χ4v) is 4.36. The lowest BCUT2D eigenvalue weighted by Gasteiger charge is -2.30. The Labute approximate surface area is 188 Å². The first kappa shape index (κ1) is 22.7. The van der Waals surface area contributed by atoms with Gasteiger partial charge in [0.2, 0.25) is 11.8 Å². The number of alkyl halides is 3. The third kappa shape index (κ3) is 4.23. The van der Waals surface area contributed by atoms with Gasteiger partial charge >= 0.3 is 6.18 Å². The Kier molecular flexibility index (Phi) is 6.22. The summed E-state index contributed by atoms with van der Waals surface area (Å²) in [6, 6.07) is 7.13.